The summed E-state index contributed by atoms with van der Waals surface area (Å²) in [6, 6.07) is 8.85. The Morgan fingerprint density at radius 3 is 2.12 bits per heavy atom. The first kappa shape index (κ1) is 28.1. The van der Waals surface area contributed by atoms with Crippen molar-refractivity contribution in [3.63, 3.8) is 0 Å². The van der Waals surface area contributed by atoms with Crippen LogP contribution in [-0.4, -0.2) is 68.8 Å². The van der Waals surface area contributed by atoms with E-state index in [1.54, 1.807) is 38.1 Å². The maximum atomic E-state index is 12.8. The molecule has 0 unspecified atom stereocenters. The van der Waals surface area contributed by atoms with Crippen LogP contribution in [-0.2, 0) is 19.7 Å². The van der Waals surface area contributed by atoms with E-state index in [0.29, 0.717) is 42.6 Å². The Morgan fingerprint density at radius 2 is 1.56 bits per heavy atom. The molecule has 0 atom stereocenters. The van der Waals surface area contributed by atoms with E-state index in [4.69, 9.17) is 4.74 Å². The highest BCUT2D eigenvalue weighted by Crippen LogP contribution is 2.35. The number of ether oxygens (including phenoxy) is 1. The number of hydrogen-bond acceptors (Lipinski definition) is 6. The second-order valence-corrected chi connectivity index (χ2v) is 11.8. The predicted molar refractivity (Wildman–Crippen MR) is 123 cm³/mol. The molecule has 1 aromatic carbocycles. The van der Waals surface area contributed by atoms with Gasteiger partial charge in [-0.2, -0.15) is 0 Å². The van der Waals surface area contributed by atoms with E-state index in [9.17, 15) is 22.6 Å². The third-order valence-electron chi connectivity index (χ3n) is 5.39. The van der Waals surface area contributed by atoms with Crippen LogP contribution in [0.5, 0.6) is 5.75 Å². The van der Waals surface area contributed by atoms with E-state index < -0.39 is 20.9 Å². The molecule has 0 bridgehead atoms. The number of nitrogens with one attached hydrogen (secondary N) is 1. The average molecular weight is 471 g/mol. The monoisotopic (exact) mass is 470 g/mol. The summed E-state index contributed by atoms with van der Waals surface area (Å²) in [5.41, 5.74) is -1.62. The second-order valence-electron chi connectivity index (χ2n) is 10.3. The van der Waals surface area contributed by atoms with E-state index in [2.05, 4.69) is 5.32 Å². The van der Waals surface area contributed by atoms with Gasteiger partial charge in [0.05, 0.1) is 42.7 Å². The number of amides is 1. The quantitative estimate of drug-likeness (QED) is 0.156. The smallest absolute Gasteiger partial charge is 0.316 e. The summed E-state index contributed by atoms with van der Waals surface area (Å²) in [4.78, 5) is 25.4. The summed E-state index contributed by atoms with van der Waals surface area (Å²) in [7, 11) is -0.264. The van der Waals surface area contributed by atoms with Crippen LogP contribution in [0.4, 0.5) is 0 Å². The van der Waals surface area contributed by atoms with E-state index in [0.717, 1.165) is 6.54 Å². The minimum Gasteiger partial charge on any atom is -0.748 e. The Morgan fingerprint density at radius 1 is 1.00 bits per heavy atom. The van der Waals surface area contributed by atoms with E-state index in [1.807, 2.05) is 34.0 Å². The van der Waals surface area contributed by atoms with Gasteiger partial charge in [-0.1, -0.05) is 32.0 Å². The Labute approximate surface area is 192 Å². The van der Waals surface area contributed by atoms with Crippen LogP contribution in [0.2, 0.25) is 0 Å². The van der Waals surface area contributed by atoms with Crippen molar-refractivity contribution in [1.82, 2.24) is 5.32 Å². The van der Waals surface area contributed by atoms with Crippen LogP contribution in [0.15, 0.2) is 30.3 Å². The highest BCUT2D eigenvalue weighted by molar-refractivity contribution is 7.85. The zero-order chi connectivity index (χ0) is 24.6. The SMILES string of the molecule is CC(C)(CC(C)(C)C(=O)Oc1ccccc1)C(=O)NCCC[N+](C)(C)CCCS(=O)(=O)[O-]. The van der Waals surface area contributed by atoms with Crippen molar-refractivity contribution in [1.29, 1.82) is 0 Å². The molecular formula is C23H38N2O6S. The van der Waals surface area contributed by atoms with Gasteiger partial charge in [-0.05, 0) is 32.4 Å². The van der Waals surface area contributed by atoms with E-state index >= 15 is 0 Å². The summed E-state index contributed by atoms with van der Waals surface area (Å²) in [5.74, 6) is -0.409. The number of hydrogen-bond donors (Lipinski definition) is 1. The average Bonchev–Trinajstić information content (AvgIpc) is 2.63. The number of rotatable bonds is 13. The topological polar surface area (TPSA) is 113 Å². The van der Waals surface area contributed by atoms with Gasteiger partial charge in [0.2, 0.25) is 5.91 Å². The molecule has 1 rings (SSSR count). The molecule has 0 aromatic heterocycles. The van der Waals surface area contributed by atoms with Crippen LogP contribution in [0.1, 0.15) is 47.0 Å². The molecule has 1 N–H and O–H groups in total. The third kappa shape index (κ3) is 10.6. The second kappa shape index (κ2) is 11.2. The van der Waals surface area contributed by atoms with Crippen molar-refractivity contribution >= 4 is 22.0 Å². The number of quaternary nitrogens is 1. The van der Waals surface area contributed by atoms with Crippen molar-refractivity contribution in [3.05, 3.63) is 30.3 Å². The fourth-order valence-corrected chi connectivity index (χ4v) is 4.20. The molecule has 182 valence electrons. The van der Waals surface area contributed by atoms with Gasteiger partial charge < -0.3 is 19.1 Å². The van der Waals surface area contributed by atoms with Crippen molar-refractivity contribution in [2.45, 2.75) is 47.0 Å². The van der Waals surface area contributed by atoms with Crippen molar-refractivity contribution in [2.24, 2.45) is 10.8 Å². The first-order chi connectivity index (χ1) is 14.5. The molecule has 0 aliphatic carbocycles. The Bertz CT molecular complexity index is 864. The Hall–Kier alpha value is -1.97. The molecule has 0 saturated carbocycles. The number of para-hydroxylation sites is 1. The van der Waals surface area contributed by atoms with Crippen LogP contribution in [0.3, 0.4) is 0 Å². The fraction of sp³-hybridized carbons (Fsp3) is 0.652. The van der Waals surface area contributed by atoms with Gasteiger partial charge in [-0.3, -0.25) is 9.59 Å². The number of esters is 1. The van der Waals surface area contributed by atoms with Crippen LogP contribution in [0, 0.1) is 10.8 Å². The summed E-state index contributed by atoms with van der Waals surface area (Å²) >= 11 is 0. The molecule has 0 aliphatic rings. The molecule has 0 aliphatic heterocycles. The normalized spacial score (nSPS) is 13.0. The molecule has 1 amide bonds. The van der Waals surface area contributed by atoms with Crippen LogP contribution >= 0.6 is 0 Å². The Balaban J connectivity index is 2.49. The summed E-state index contributed by atoms with van der Waals surface area (Å²) < 4.78 is 38.2. The zero-order valence-corrected chi connectivity index (χ0v) is 21.0. The molecule has 0 saturated heterocycles. The number of carbonyl (C=O) groups excluding carboxylic acids is 2. The Kier molecular flexibility index (Phi) is 9.86. The molecule has 0 heterocycles. The maximum Gasteiger partial charge on any atom is 0.316 e. The largest absolute Gasteiger partial charge is 0.748 e. The summed E-state index contributed by atoms with van der Waals surface area (Å²) in [5, 5.41) is 2.94. The summed E-state index contributed by atoms with van der Waals surface area (Å²) in [6.07, 6.45) is 1.34. The fourth-order valence-electron chi connectivity index (χ4n) is 3.72. The highest BCUT2D eigenvalue weighted by atomic mass is 32.2. The highest BCUT2D eigenvalue weighted by Gasteiger charge is 2.40. The molecule has 0 spiro atoms. The lowest BCUT2D eigenvalue weighted by Gasteiger charge is -2.33. The lowest BCUT2D eigenvalue weighted by Crippen LogP contribution is -2.45. The van der Waals surface area contributed by atoms with Gasteiger partial charge >= 0.3 is 5.97 Å². The number of benzene rings is 1. The van der Waals surface area contributed by atoms with Crippen molar-refractivity contribution < 1.29 is 31.8 Å². The molecular weight excluding hydrogens is 432 g/mol. The number of carbonyl (C=O) groups is 2. The van der Waals surface area contributed by atoms with Crippen LogP contribution in [0.25, 0.3) is 0 Å². The van der Waals surface area contributed by atoms with Gasteiger partial charge in [0.15, 0.2) is 0 Å². The maximum absolute atomic E-state index is 12.8. The molecule has 8 nitrogen and oxygen atoms in total. The number of nitrogens with zero attached hydrogens (tertiary/aromatic N) is 1. The van der Waals surface area contributed by atoms with Crippen molar-refractivity contribution in [3.8, 4) is 5.75 Å². The molecule has 0 radical (unpaired) electrons. The van der Waals surface area contributed by atoms with Crippen LogP contribution < -0.4 is 10.1 Å². The van der Waals surface area contributed by atoms with Crippen molar-refractivity contribution in [2.75, 3.05) is 39.5 Å². The minimum absolute atomic E-state index is 0.138. The van der Waals surface area contributed by atoms with Gasteiger partial charge in [0.1, 0.15) is 5.75 Å². The molecule has 1 aromatic rings. The molecule has 32 heavy (non-hydrogen) atoms. The van der Waals surface area contributed by atoms with E-state index in [-0.39, 0.29) is 17.6 Å². The summed E-state index contributed by atoms with van der Waals surface area (Å²) in [6.45, 7) is 8.93. The van der Waals surface area contributed by atoms with E-state index in [1.165, 1.54) is 0 Å². The zero-order valence-electron chi connectivity index (χ0n) is 20.1. The third-order valence-corrected chi connectivity index (χ3v) is 6.18. The standard InChI is InChI=1S/C23H38N2O6S/c1-22(2,18-23(3,4)21(27)31-19-12-8-7-9-13-19)20(26)24-14-10-15-25(5,6)16-11-17-32(28,29)30/h7-9,12-13H,10-11,14-18H2,1-6H3,(H-,24,26,28,29,30). The van der Waals surface area contributed by atoms with Gasteiger partial charge in [-0.15, -0.1) is 0 Å². The van der Waals surface area contributed by atoms with Gasteiger partial charge in [0.25, 0.3) is 0 Å². The predicted octanol–water partition coefficient (Wildman–Crippen LogP) is 2.55. The first-order valence-corrected chi connectivity index (χ1v) is 12.4. The minimum atomic E-state index is -4.19. The lowest BCUT2D eigenvalue weighted by molar-refractivity contribution is -0.890. The molecule has 9 heteroatoms. The molecule has 0 fully saturated rings. The van der Waals surface area contributed by atoms with Gasteiger partial charge in [0, 0.05) is 30.6 Å². The lowest BCUT2D eigenvalue weighted by atomic mass is 9.74. The van der Waals surface area contributed by atoms with Gasteiger partial charge in [-0.25, -0.2) is 8.42 Å². The first-order valence-electron chi connectivity index (χ1n) is 10.9.